The topological polar surface area (TPSA) is 81.8 Å². The van der Waals surface area contributed by atoms with Crippen LogP contribution in [-0.2, 0) is 9.59 Å². The molecule has 0 atom stereocenters. The van der Waals surface area contributed by atoms with Crippen LogP contribution in [0, 0.1) is 12.8 Å². The number of amides is 2. The van der Waals surface area contributed by atoms with E-state index in [9.17, 15) is 9.59 Å². The first kappa shape index (κ1) is 25.7. The molecular formula is C27H32ClN5O3. The highest BCUT2D eigenvalue weighted by molar-refractivity contribution is 6.34. The summed E-state index contributed by atoms with van der Waals surface area (Å²) >= 11 is 6.73. The minimum Gasteiger partial charge on any atom is -0.482 e. The van der Waals surface area contributed by atoms with Gasteiger partial charge in [-0.25, -0.2) is 0 Å². The molecule has 0 saturated carbocycles. The highest BCUT2D eigenvalue weighted by Gasteiger charge is 2.35. The molecule has 1 saturated heterocycles. The first-order valence-corrected chi connectivity index (χ1v) is 12.4. The predicted molar refractivity (Wildman–Crippen MR) is 144 cm³/mol. The summed E-state index contributed by atoms with van der Waals surface area (Å²) in [5.74, 6) is 0.635. The Morgan fingerprint density at radius 1 is 1.33 bits per heavy atom. The van der Waals surface area contributed by atoms with E-state index in [1.165, 1.54) is 6.08 Å². The molecule has 190 valence electrons. The van der Waals surface area contributed by atoms with Gasteiger partial charge in [0.05, 0.1) is 22.4 Å². The fourth-order valence-corrected chi connectivity index (χ4v) is 4.60. The Morgan fingerprint density at radius 3 is 2.72 bits per heavy atom. The average Bonchev–Trinajstić information content (AvgIpc) is 3.31. The van der Waals surface area contributed by atoms with Crippen LogP contribution in [0.15, 0.2) is 43.1 Å². The number of hydrogen-bond donors (Lipinski definition) is 1. The molecule has 0 bridgehead atoms. The van der Waals surface area contributed by atoms with E-state index in [1.807, 2.05) is 25.1 Å². The molecule has 36 heavy (non-hydrogen) atoms. The Morgan fingerprint density at radius 2 is 2.06 bits per heavy atom. The van der Waals surface area contributed by atoms with Crippen molar-refractivity contribution in [3.05, 3.63) is 53.7 Å². The van der Waals surface area contributed by atoms with Crippen LogP contribution in [0.2, 0.25) is 5.02 Å². The average molecular weight is 510 g/mol. The van der Waals surface area contributed by atoms with E-state index in [1.54, 1.807) is 22.1 Å². The van der Waals surface area contributed by atoms with Crippen molar-refractivity contribution in [3.63, 3.8) is 0 Å². The van der Waals surface area contributed by atoms with Gasteiger partial charge >= 0.3 is 0 Å². The summed E-state index contributed by atoms with van der Waals surface area (Å²) in [6.45, 7) is 10.5. The Balaban J connectivity index is 0.000000556. The quantitative estimate of drug-likeness (QED) is 0.523. The van der Waals surface area contributed by atoms with Crippen LogP contribution in [0.25, 0.3) is 22.0 Å². The van der Waals surface area contributed by atoms with Crippen molar-refractivity contribution in [2.45, 2.75) is 13.8 Å². The molecular weight excluding hydrogens is 478 g/mol. The lowest BCUT2D eigenvalue weighted by Crippen LogP contribution is -2.55. The number of ether oxygens (including phenoxy) is 1. The fraction of sp³-hybridized carbons (Fsp3) is 0.370. The van der Waals surface area contributed by atoms with Crippen molar-refractivity contribution in [1.82, 2.24) is 20.0 Å². The number of carbonyl (C=O) groups is 2. The third kappa shape index (κ3) is 5.10. The maximum atomic E-state index is 12.6. The van der Waals surface area contributed by atoms with Gasteiger partial charge in [-0.2, -0.15) is 5.10 Å². The largest absolute Gasteiger partial charge is 0.482 e. The number of nitrogens with one attached hydrogen (secondary N) is 1. The number of aromatic amines is 1. The SMILES string of the molecule is C=CC(=O)N1CC(CN2C(=O)COc3cc(-c4c(C)ccc5[nH]ncc45)c(Cl)cc32)C1.CCN(C)C. The smallest absolute Gasteiger partial charge is 0.265 e. The van der Waals surface area contributed by atoms with Crippen LogP contribution in [-0.4, -0.2) is 78.7 Å². The van der Waals surface area contributed by atoms with Gasteiger partial charge in [0.25, 0.3) is 5.91 Å². The number of fused-ring (bicyclic) bond motifs is 2. The molecule has 0 radical (unpaired) electrons. The zero-order valence-electron chi connectivity index (χ0n) is 21.2. The number of halogens is 1. The van der Waals surface area contributed by atoms with Crippen molar-refractivity contribution in [3.8, 4) is 16.9 Å². The monoisotopic (exact) mass is 509 g/mol. The number of H-pyrrole nitrogens is 1. The van der Waals surface area contributed by atoms with Gasteiger partial charge in [-0.1, -0.05) is 31.2 Å². The number of aromatic nitrogens is 2. The molecule has 8 nitrogen and oxygen atoms in total. The summed E-state index contributed by atoms with van der Waals surface area (Å²) in [6.07, 6.45) is 3.10. The molecule has 1 N–H and O–H groups in total. The van der Waals surface area contributed by atoms with Gasteiger partial charge in [-0.05, 0) is 63.0 Å². The Labute approximate surface area is 216 Å². The minimum absolute atomic E-state index is 0.0228. The highest BCUT2D eigenvalue weighted by Crippen LogP contribution is 2.43. The lowest BCUT2D eigenvalue weighted by atomic mass is 9.95. The van der Waals surface area contributed by atoms with E-state index >= 15 is 0 Å². The third-order valence-corrected chi connectivity index (χ3v) is 6.92. The predicted octanol–water partition coefficient (Wildman–Crippen LogP) is 4.13. The van der Waals surface area contributed by atoms with Gasteiger partial charge in [0.1, 0.15) is 5.75 Å². The van der Waals surface area contributed by atoms with Crippen molar-refractivity contribution in [2.24, 2.45) is 5.92 Å². The molecule has 0 spiro atoms. The van der Waals surface area contributed by atoms with Crippen LogP contribution in [0.5, 0.6) is 5.75 Å². The fourth-order valence-electron chi connectivity index (χ4n) is 4.35. The summed E-state index contributed by atoms with van der Waals surface area (Å²) in [5, 5.41) is 8.66. The first-order chi connectivity index (χ1) is 17.2. The molecule has 0 unspecified atom stereocenters. The number of benzene rings is 2. The van der Waals surface area contributed by atoms with Crippen molar-refractivity contribution in [2.75, 3.05) is 51.8 Å². The zero-order valence-corrected chi connectivity index (χ0v) is 21.9. The van der Waals surface area contributed by atoms with Crippen LogP contribution < -0.4 is 9.64 Å². The van der Waals surface area contributed by atoms with Gasteiger partial charge in [0.2, 0.25) is 5.91 Å². The Bertz CT molecular complexity index is 1300. The zero-order chi connectivity index (χ0) is 26.0. The molecule has 5 rings (SSSR count). The molecule has 2 aliphatic heterocycles. The second kappa shape index (κ2) is 10.7. The van der Waals surface area contributed by atoms with E-state index in [0.29, 0.717) is 36.1 Å². The van der Waals surface area contributed by atoms with Gasteiger partial charge in [-0.3, -0.25) is 14.7 Å². The summed E-state index contributed by atoms with van der Waals surface area (Å²) < 4.78 is 5.78. The maximum absolute atomic E-state index is 12.6. The standard InChI is InChI=1S/C23H21ClN4O3.C4H11N/c1-3-21(29)27-9-14(10-27)11-28-19-7-17(24)15(6-20(19)31-12-22(28)30)23-13(2)4-5-18-16(23)8-25-26-18;1-4-5(2)3/h3-8,14H,1,9-12H2,2H3,(H,25,26);4H2,1-3H3. The highest BCUT2D eigenvalue weighted by atomic mass is 35.5. The molecule has 3 heterocycles. The van der Waals surface area contributed by atoms with E-state index in [-0.39, 0.29) is 24.3 Å². The Kier molecular flexibility index (Phi) is 7.66. The van der Waals surface area contributed by atoms with E-state index in [4.69, 9.17) is 16.3 Å². The van der Waals surface area contributed by atoms with Gasteiger partial charge < -0.3 is 19.4 Å². The summed E-state index contributed by atoms with van der Waals surface area (Å²) in [5.41, 5.74) is 4.49. The molecule has 1 aromatic heterocycles. The van der Waals surface area contributed by atoms with E-state index < -0.39 is 0 Å². The third-order valence-electron chi connectivity index (χ3n) is 6.61. The van der Waals surface area contributed by atoms with Crippen molar-refractivity contribution >= 4 is 40.0 Å². The van der Waals surface area contributed by atoms with Gasteiger partial charge in [-0.15, -0.1) is 0 Å². The molecule has 0 aliphatic carbocycles. The minimum atomic E-state index is -0.113. The lowest BCUT2D eigenvalue weighted by molar-refractivity contribution is -0.131. The summed E-state index contributed by atoms with van der Waals surface area (Å²) in [7, 11) is 4.11. The van der Waals surface area contributed by atoms with E-state index in [2.05, 4.69) is 42.7 Å². The van der Waals surface area contributed by atoms with Gasteiger partial charge in [0, 0.05) is 36.5 Å². The Hall–Kier alpha value is -3.36. The molecule has 2 aromatic carbocycles. The second-order valence-electron chi connectivity index (χ2n) is 9.39. The summed E-state index contributed by atoms with van der Waals surface area (Å²) in [6, 6.07) is 7.71. The van der Waals surface area contributed by atoms with Crippen LogP contribution in [0.4, 0.5) is 5.69 Å². The van der Waals surface area contributed by atoms with Crippen LogP contribution >= 0.6 is 11.6 Å². The lowest BCUT2D eigenvalue weighted by Gasteiger charge is -2.42. The van der Waals surface area contributed by atoms with Crippen molar-refractivity contribution in [1.29, 1.82) is 0 Å². The molecule has 1 fully saturated rings. The molecule has 3 aromatic rings. The molecule has 2 aliphatic rings. The molecule has 9 heteroatoms. The number of carbonyl (C=O) groups excluding carboxylic acids is 2. The number of nitrogens with zero attached hydrogens (tertiary/aromatic N) is 4. The van der Waals surface area contributed by atoms with Gasteiger partial charge in [0.15, 0.2) is 6.61 Å². The number of rotatable bonds is 5. The molecule has 2 amide bonds. The van der Waals surface area contributed by atoms with Crippen molar-refractivity contribution < 1.29 is 14.3 Å². The number of anilines is 1. The maximum Gasteiger partial charge on any atom is 0.265 e. The van der Waals surface area contributed by atoms with Crippen LogP contribution in [0.1, 0.15) is 12.5 Å². The number of aryl methyl sites for hydroxylation is 1. The first-order valence-electron chi connectivity index (χ1n) is 12.0. The normalized spacial score (nSPS) is 15.2. The second-order valence-corrected chi connectivity index (χ2v) is 9.80. The van der Waals surface area contributed by atoms with Crippen LogP contribution in [0.3, 0.4) is 0 Å². The summed E-state index contributed by atoms with van der Waals surface area (Å²) in [4.78, 5) is 29.9. The number of likely N-dealkylation sites (tertiary alicyclic amines) is 1. The van der Waals surface area contributed by atoms with E-state index in [0.717, 1.165) is 34.1 Å². The number of hydrogen-bond acceptors (Lipinski definition) is 5.